The summed E-state index contributed by atoms with van der Waals surface area (Å²) < 4.78 is 0. The van der Waals surface area contributed by atoms with Crippen LogP contribution in [0.3, 0.4) is 0 Å². The van der Waals surface area contributed by atoms with Gasteiger partial charge in [-0.3, -0.25) is 0 Å². The molecule has 1 fully saturated rings. The molecular weight excluding hydrogens is 84.1 g/mol. The Morgan fingerprint density at radius 1 is 1.29 bits per heavy atom. The van der Waals surface area contributed by atoms with Crippen molar-refractivity contribution < 1.29 is 0 Å². The lowest BCUT2D eigenvalue weighted by Gasteiger charge is -2.20. The van der Waals surface area contributed by atoms with E-state index in [1.165, 1.54) is 19.3 Å². The molecule has 0 spiro atoms. The molecule has 0 aromatic rings. The number of hydrogen-bond donors (Lipinski definition) is 0. The molecule has 0 aliphatic heterocycles. The topological polar surface area (TPSA) is 0 Å². The first-order valence-corrected chi connectivity index (χ1v) is 3.11. The van der Waals surface area contributed by atoms with Crippen molar-refractivity contribution in [3.8, 4) is 0 Å². The van der Waals surface area contributed by atoms with E-state index in [4.69, 9.17) is 0 Å². The predicted octanol–water partition coefficient (Wildman–Crippen LogP) is 2.40. The van der Waals surface area contributed by atoms with E-state index >= 15 is 0 Å². The van der Waals surface area contributed by atoms with Crippen LogP contribution >= 0.6 is 0 Å². The Kier molecular flexibility index (Phi) is 1.27. The van der Waals surface area contributed by atoms with Crippen molar-refractivity contribution in [1.29, 1.82) is 0 Å². The minimum atomic E-state index is 1.000. The van der Waals surface area contributed by atoms with Gasteiger partial charge in [0.25, 0.3) is 0 Å². The van der Waals surface area contributed by atoms with Crippen LogP contribution in [0.4, 0.5) is 0 Å². The molecule has 0 radical (unpaired) electrons. The Morgan fingerprint density at radius 2 is 1.86 bits per heavy atom. The van der Waals surface area contributed by atoms with Gasteiger partial charge >= 0.3 is 0 Å². The summed E-state index contributed by atoms with van der Waals surface area (Å²) in [5, 5.41) is 0. The predicted molar refractivity (Wildman–Crippen MR) is 31.9 cm³/mol. The highest BCUT2D eigenvalue weighted by Gasteiger charge is 2.28. The quantitative estimate of drug-likeness (QED) is 0.441. The monoisotopic (exact) mass is 97.1 g/mol. The fourth-order valence-electron chi connectivity index (χ4n) is 0.986. The summed E-state index contributed by atoms with van der Waals surface area (Å²) >= 11 is 0. The van der Waals surface area contributed by atoms with Crippen LogP contribution in [0.2, 0.25) is 0 Å². The minimum absolute atomic E-state index is 1.000. The van der Waals surface area contributed by atoms with E-state index in [2.05, 4.69) is 13.8 Å². The molecule has 40 valence electrons. The maximum Gasteiger partial charge on any atom is 0.0996 e. The van der Waals surface area contributed by atoms with Crippen molar-refractivity contribution >= 4 is 0 Å². The summed E-state index contributed by atoms with van der Waals surface area (Å²) in [5.41, 5.74) is 0. The van der Waals surface area contributed by atoms with Gasteiger partial charge in [-0.25, -0.2) is 0 Å². The van der Waals surface area contributed by atoms with Gasteiger partial charge in [-0.05, 0) is 19.3 Å². The first-order valence-electron chi connectivity index (χ1n) is 3.11. The van der Waals surface area contributed by atoms with E-state index in [1.807, 2.05) is 0 Å². The second kappa shape index (κ2) is 1.77. The largest absolute Gasteiger partial charge is 0.0996 e. The number of rotatable bonds is 1. The fraction of sp³-hybridized carbons (Fsp3) is 0.857. The molecule has 0 heteroatoms. The smallest absolute Gasteiger partial charge is 0.0446 e. The highest BCUT2D eigenvalue weighted by molar-refractivity contribution is 4.91. The average molecular weight is 97.2 g/mol. The highest BCUT2D eigenvalue weighted by atomic mass is 14.3. The fourth-order valence-corrected chi connectivity index (χ4v) is 0.986. The standard InChI is InChI=1S/C7H13/c1-6(2)7-4-3-5-7/h7H,3-5H2,1-2H3/q+1. The SMILES string of the molecule is C[C+](C)C1CCC1. The Hall–Kier alpha value is -0.130. The van der Waals surface area contributed by atoms with Crippen LogP contribution < -0.4 is 0 Å². The van der Waals surface area contributed by atoms with E-state index in [1.54, 1.807) is 5.92 Å². The normalized spacial score (nSPS) is 21.4. The van der Waals surface area contributed by atoms with E-state index in [9.17, 15) is 0 Å². The van der Waals surface area contributed by atoms with Gasteiger partial charge in [0.15, 0.2) is 0 Å². The zero-order valence-corrected chi connectivity index (χ0v) is 5.20. The van der Waals surface area contributed by atoms with Crippen LogP contribution in [0.5, 0.6) is 0 Å². The van der Waals surface area contributed by atoms with E-state index in [0.29, 0.717) is 0 Å². The third-order valence-corrected chi connectivity index (χ3v) is 1.92. The molecule has 1 rings (SSSR count). The zero-order valence-electron chi connectivity index (χ0n) is 5.20. The van der Waals surface area contributed by atoms with Crippen molar-refractivity contribution in [3.05, 3.63) is 5.92 Å². The summed E-state index contributed by atoms with van der Waals surface area (Å²) in [7, 11) is 0. The van der Waals surface area contributed by atoms with Gasteiger partial charge in [0.2, 0.25) is 0 Å². The minimum Gasteiger partial charge on any atom is -0.0446 e. The van der Waals surface area contributed by atoms with Crippen LogP contribution in [0, 0.1) is 11.8 Å². The first kappa shape index (κ1) is 5.02. The van der Waals surface area contributed by atoms with Crippen LogP contribution in [-0.2, 0) is 0 Å². The highest BCUT2D eigenvalue weighted by Crippen LogP contribution is 2.33. The first-order chi connectivity index (χ1) is 3.30. The average Bonchev–Trinajstić information content (AvgIpc) is 1.23. The van der Waals surface area contributed by atoms with Crippen molar-refractivity contribution in [1.82, 2.24) is 0 Å². The third kappa shape index (κ3) is 0.902. The second-order valence-corrected chi connectivity index (χ2v) is 2.71. The van der Waals surface area contributed by atoms with Gasteiger partial charge in [-0.15, -0.1) is 0 Å². The van der Waals surface area contributed by atoms with Crippen LogP contribution in [-0.4, -0.2) is 0 Å². The molecule has 0 atom stereocenters. The summed E-state index contributed by atoms with van der Waals surface area (Å²) in [6, 6.07) is 0. The van der Waals surface area contributed by atoms with Gasteiger partial charge in [-0.1, -0.05) is 0 Å². The lowest BCUT2D eigenvalue weighted by Crippen LogP contribution is -2.15. The molecule has 0 amide bonds. The van der Waals surface area contributed by atoms with Crippen molar-refractivity contribution in [2.45, 2.75) is 33.1 Å². The molecule has 0 aromatic carbocycles. The maximum atomic E-state index is 2.24. The molecule has 0 N–H and O–H groups in total. The Bertz CT molecular complexity index is 51.1. The van der Waals surface area contributed by atoms with E-state index < -0.39 is 0 Å². The summed E-state index contributed by atoms with van der Waals surface area (Å²) in [4.78, 5) is 0. The van der Waals surface area contributed by atoms with E-state index in [-0.39, 0.29) is 0 Å². The Balaban J connectivity index is 2.14. The van der Waals surface area contributed by atoms with Crippen molar-refractivity contribution in [2.75, 3.05) is 0 Å². The maximum absolute atomic E-state index is 2.24. The van der Waals surface area contributed by atoms with Crippen molar-refractivity contribution in [3.63, 3.8) is 0 Å². The molecule has 0 bridgehead atoms. The lowest BCUT2D eigenvalue weighted by atomic mass is 9.78. The molecule has 7 heavy (non-hydrogen) atoms. The Morgan fingerprint density at radius 3 is 1.86 bits per heavy atom. The van der Waals surface area contributed by atoms with Gasteiger partial charge in [0, 0.05) is 0 Å². The van der Waals surface area contributed by atoms with Crippen molar-refractivity contribution in [2.24, 2.45) is 5.92 Å². The molecule has 0 unspecified atom stereocenters. The molecule has 1 aliphatic rings. The molecular formula is C7H13+. The molecule has 0 aromatic heterocycles. The lowest BCUT2D eigenvalue weighted by molar-refractivity contribution is 0.333. The molecule has 0 saturated heterocycles. The molecule has 0 heterocycles. The summed E-state index contributed by atoms with van der Waals surface area (Å²) in [5.74, 6) is 2.63. The van der Waals surface area contributed by atoms with E-state index in [0.717, 1.165) is 5.92 Å². The van der Waals surface area contributed by atoms with Gasteiger partial charge in [0.1, 0.15) is 0 Å². The van der Waals surface area contributed by atoms with Crippen LogP contribution in [0.15, 0.2) is 0 Å². The van der Waals surface area contributed by atoms with Gasteiger partial charge in [0.05, 0.1) is 25.7 Å². The molecule has 0 nitrogen and oxygen atoms in total. The molecule has 1 aliphatic carbocycles. The number of hydrogen-bond acceptors (Lipinski definition) is 0. The van der Waals surface area contributed by atoms with Gasteiger partial charge < -0.3 is 0 Å². The summed E-state index contributed by atoms with van der Waals surface area (Å²) in [6.07, 6.45) is 4.39. The van der Waals surface area contributed by atoms with Gasteiger partial charge in [-0.2, -0.15) is 0 Å². The summed E-state index contributed by atoms with van der Waals surface area (Å²) in [6.45, 7) is 4.48. The Labute approximate surface area is 45.9 Å². The van der Waals surface area contributed by atoms with Crippen LogP contribution in [0.1, 0.15) is 33.1 Å². The molecule has 1 saturated carbocycles. The third-order valence-electron chi connectivity index (χ3n) is 1.92. The second-order valence-electron chi connectivity index (χ2n) is 2.71. The van der Waals surface area contributed by atoms with Crippen LogP contribution in [0.25, 0.3) is 0 Å². The zero-order chi connectivity index (χ0) is 5.28.